The standard InChI is InChI=1S/C9H15N3OS/c1-6-4-7(13)12-8(11-6)14-9(2,3)5-10/h4H,5,10H2,1-3H3,(H,11,12,13). The van der Waals surface area contributed by atoms with Gasteiger partial charge in [-0.3, -0.25) is 4.79 Å². The molecule has 1 aromatic heterocycles. The summed E-state index contributed by atoms with van der Waals surface area (Å²) in [7, 11) is 0. The van der Waals surface area contributed by atoms with Crippen molar-refractivity contribution in [3.63, 3.8) is 0 Å². The van der Waals surface area contributed by atoms with Crippen molar-refractivity contribution in [1.82, 2.24) is 9.97 Å². The summed E-state index contributed by atoms with van der Waals surface area (Å²) in [6.07, 6.45) is 0. The normalized spacial score (nSPS) is 11.7. The number of nitrogens with two attached hydrogens (primary N) is 1. The highest BCUT2D eigenvalue weighted by molar-refractivity contribution is 8.00. The Labute approximate surface area is 87.3 Å². The number of aromatic nitrogens is 2. The first kappa shape index (κ1) is 11.3. The van der Waals surface area contributed by atoms with Gasteiger partial charge in [-0.2, -0.15) is 0 Å². The first-order chi connectivity index (χ1) is 6.43. The molecule has 0 spiro atoms. The van der Waals surface area contributed by atoms with Crippen LogP contribution in [0.5, 0.6) is 0 Å². The van der Waals surface area contributed by atoms with E-state index in [0.717, 1.165) is 5.69 Å². The van der Waals surface area contributed by atoms with E-state index in [0.29, 0.717) is 11.7 Å². The number of nitrogens with zero attached hydrogens (tertiary/aromatic N) is 1. The lowest BCUT2D eigenvalue weighted by atomic mass is 10.2. The minimum atomic E-state index is -0.118. The van der Waals surface area contributed by atoms with E-state index in [4.69, 9.17) is 5.73 Å². The molecule has 0 aliphatic carbocycles. The molecule has 0 fully saturated rings. The van der Waals surface area contributed by atoms with Crippen molar-refractivity contribution in [2.24, 2.45) is 5.73 Å². The van der Waals surface area contributed by atoms with E-state index in [1.165, 1.54) is 17.8 Å². The average molecular weight is 213 g/mol. The van der Waals surface area contributed by atoms with Gasteiger partial charge in [0.05, 0.1) is 0 Å². The smallest absolute Gasteiger partial charge is 0.251 e. The molecule has 5 heteroatoms. The van der Waals surface area contributed by atoms with Crippen LogP contribution in [0, 0.1) is 6.92 Å². The van der Waals surface area contributed by atoms with E-state index in [1.807, 2.05) is 13.8 Å². The van der Waals surface area contributed by atoms with Crippen molar-refractivity contribution in [3.8, 4) is 0 Å². The van der Waals surface area contributed by atoms with Gasteiger partial charge in [0.15, 0.2) is 5.16 Å². The zero-order chi connectivity index (χ0) is 10.8. The van der Waals surface area contributed by atoms with Gasteiger partial charge >= 0.3 is 0 Å². The molecule has 0 aromatic carbocycles. The van der Waals surface area contributed by atoms with E-state index in [9.17, 15) is 4.79 Å². The molecule has 4 nitrogen and oxygen atoms in total. The van der Waals surface area contributed by atoms with Crippen LogP contribution in [0.4, 0.5) is 0 Å². The minimum absolute atomic E-state index is 0.107. The van der Waals surface area contributed by atoms with Crippen molar-refractivity contribution in [3.05, 3.63) is 22.1 Å². The van der Waals surface area contributed by atoms with Crippen LogP contribution in [0.3, 0.4) is 0 Å². The van der Waals surface area contributed by atoms with Crippen LogP contribution in [-0.2, 0) is 0 Å². The summed E-state index contributed by atoms with van der Waals surface area (Å²) in [5, 5.41) is 0.630. The first-order valence-corrected chi connectivity index (χ1v) is 5.22. The van der Waals surface area contributed by atoms with Crippen LogP contribution in [0.2, 0.25) is 0 Å². The fourth-order valence-electron chi connectivity index (χ4n) is 0.903. The second kappa shape index (κ2) is 4.14. The fraction of sp³-hybridized carbons (Fsp3) is 0.556. The Hall–Kier alpha value is -0.810. The number of H-pyrrole nitrogens is 1. The molecule has 0 saturated heterocycles. The van der Waals surface area contributed by atoms with Gasteiger partial charge < -0.3 is 10.7 Å². The average Bonchev–Trinajstić information content (AvgIpc) is 2.01. The summed E-state index contributed by atoms with van der Waals surface area (Å²) < 4.78 is -0.107. The molecule has 0 aliphatic heterocycles. The molecule has 0 aliphatic rings. The van der Waals surface area contributed by atoms with Gasteiger partial charge in [0.1, 0.15) is 0 Å². The maximum Gasteiger partial charge on any atom is 0.251 e. The molecule has 0 unspecified atom stereocenters. The van der Waals surface area contributed by atoms with Crippen LogP contribution in [0.1, 0.15) is 19.5 Å². The third kappa shape index (κ3) is 3.16. The number of hydrogen-bond acceptors (Lipinski definition) is 4. The van der Waals surface area contributed by atoms with Crippen molar-refractivity contribution in [1.29, 1.82) is 0 Å². The fourth-order valence-corrected chi connectivity index (χ4v) is 1.85. The molecule has 1 rings (SSSR count). The molecule has 1 aromatic rings. The summed E-state index contributed by atoms with van der Waals surface area (Å²) in [5.74, 6) is 0. The molecule has 0 radical (unpaired) electrons. The van der Waals surface area contributed by atoms with Gasteiger partial charge in [0.25, 0.3) is 5.56 Å². The molecule has 14 heavy (non-hydrogen) atoms. The highest BCUT2D eigenvalue weighted by Crippen LogP contribution is 2.27. The van der Waals surface area contributed by atoms with Gasteiger partial charge in [0, 0.05) is 23.1 Å². The summed E-state index contributed by atoms with van der Waals surface area (Å²) in [6, 6.07) is 1.47. The van der Waals surface area contributed by atoms with Crippen LogP contribution >= 0.6 is 11.8 Å². The van der Waals surface area contributed by atoms with Crippen molar-refractivity contribution in [2.45, 2.75) is 30.7 Å². The maximum atomic E-state index is 11.1. The van der Waals surface area contributed by atoms with Crippen molar-refractivity contribution >= 4 is 11.8 Å². The minimum Gasteiger partial charge on any atom is -0.329 e. The molecular weight excluding hydrogens is 198 g/mol. The predicted molar refractivity (Wildman–Crippen MR) is 58.6 cm³/mol. The zero-order valence-electron chi connectivity index (χ0n) is 8.63. The molecule has 3 N–H and O–H groups in total. The van der Waals surface area contributed by atoms with Crippen LogP contribution in [0.25, 0.3) is 0 Å². The summed E-state index contributed by atoms with van der Waals surface area (Å²) in [6.45, 7) is 6.37. The molecule has 78 valence electrons. The molecule has 0 atom stereocenters. The third-order valence-electron chi connectivity index (χ3n) is 1.71. The Morgan fingerprint density at radius 1 is 1.64 bits per heavy atom. The number of aromatic amines is 1. The predicted octanol–water partition coefficient (Wildman–Crippen LogP) is 0.908. The molecule has 0 saturated carbocycles. The second-order valence-electron chi connectivity index (χ2n) is 3.76. The van der Waals surface area contributed by atoms with Crippen LogP contribution in [-0.4, -0.2) is 21.3 Å². The van der Waals surface area contributed by atoms with Gasteiger partial charge in [-0.15, -0.1) is 0 Å². The number of nitrogens with one attached hydrogen (secondary N) is 1. The highest BCUT2D eigenvalue weighted by atomic mass is 32.2. The topological polar surface area (TPSA) is 71.8 Å². The molecule has 1 heterocycles. The maximum absolute atomic E-state index is 11.1. The third-order valence-corrected chi connectivity index (χ3v) is 2.82. The van der Waals surface area contributed by atoms with Gasteiger partial charge in [-0.25, -0.2) is 4.98 Å². The summed E-state index contributed by atoms with van der Waals surface area (Å²) >= 11 is 1.48. The van der Waals surface area contributed by atoms with E-state index >= 15 is 0 Å². The lowest BCUT2D eigenvalue weighted by Crippen LogP contribution is -2.27. The largest absolute Gasteiger partial charge is 0.329 e. The SMILES string of the molecule is Cc1cc(=O)[nH]c(SC(C)(C)CN)n1. The van der Waals surface area contributed by atoms with Crippen molar-refractivity contribution < 1.29 is 0 Å². The van der Waals surface area contributed by atoms with E-state index in [-0.39, 0.29) is 10.3 Å². The quantitative estimate of drug-likeness (QED) is 0.578. The van der Waals surface area contributed by atoms with Crippen LogP contribution < -0.4 is 11.3 Å². The summed E-state index contributed by atoms with van der Waals surface area (Å²) in [4.78, 5) is 18.0. The second-order valence-corrected chi connectivity index (χ2v) is 5.45. The zero-order valence-corrected chi connectivity index (χ0v) is 9.44. The Morgan fingerprint density at radius 2 is 2.29 bits per heavy atom. The van der Waals surface area contributed by atoms with E-state index in [1.54, 1.807) is 6.92 Å². The first-order valence-electron chi connectivity index (χ1n) is 4.40. The number of rotatable bonds is 3. The Kier molecular flexibility index (Phi) is 3.34. The van der Waals surface area contributed by atoms with Gasteiger partial charge in [-0.1, -0.05) is 11.8 Å². The molecular formula is C9H15N3OS. The monoisotopic (exact) mass is 213 g/mol. The Morgan fingerprint density at radius 3 is 2.79 bits per heavy atom. The van der Waals surface area contributed by atoms with Crippen LogP contribution in [0.15, 0.2) is 16.0 Å². The van der Waals surface area contributed by atoms with E-state index < -0.39 is 0 Å². The van der Waals surface area contributed by atoms with Gasteiger partial charge in [-0.05, 0) is 20.8 Å². The lowest BCUT2D eigenvalue weighted by molar-refractivity contribution is 0.715. The Balaban J connectivity index is 2.92. The molecule has 0 amide bonds. The van der Waals surface area contributed by atoms with Crippen molar-refractivity contribution in [2.75, 3.05) is 6.54 Å². The number of aryl methyl sites for hydroxylation is 1. The van der Waals surface area contributed by atoms with Gasteiger partial charge in [0.2, 0.25) is 0 Å². The lowest BCUT2D eigenvalue weighted by Gasteiger charge is -2.20. The molecule has 0 bridgehead atoms. The number of hydrogen-bond donors (Lipinski definition) is 2. The number of thioether (sulfide) groups is 1. The van der Waals surface area contributed by atoms with E-state index in [2.05, 4.69) is 9.97 Å². The summed E-state index contributed by atoms with van der Waals surface area (Å²) in [5.41, 5.74) is 6.20. The highest BCUT2D eigenvalue weighted by Gasteiger charge is 2.18. The Bertz CT molecular complexity index is 373.